The van der Waals surface area contributed by atoms with E-state index in [0.717, 1.165) is 28.1 Å². The number of morpholine rings is 1. The highest BCUT2D eigenvalue weighted by atomic mass is 79.9. The maximum Gasteiger partial charge on any atom is 0.251 e. The number of benzene rings is 2. The van der Waals surface area contributed by atoms with Gasteiger partial charge in [0.05, 0.1) is 30.3 Å². The van der Waals surface area contributed by atoms with Gasteiger partial charge in [0.2, 0.25) is 5.91 Å². The van der Waals surface area contributed by atoms with E-state index >= 15 is 0 Å². The second-order valence-electron chi connectivity index (χ2n) is 6.91. The molecule has 2 fully saturated rings. The van der Waals surface area contributed by atoms with Crippen molar-refractivity contribution < 1.29 is 18.7 Å². The van der Waals surface area contributed by atoms with E-state index in [4.69, 9.17) is 17.0 Å². The predicted molar refractivity (Wildman–Crippen MR) is 123 cm³/mol. The first kappa shape index (κ1) is 21.5. The van der Waals surface area contributed by atoms with Crippen LogP contribution in [0, 0.1) is 11.7 Å². The highest BCUT2D eigenvalue weighted by Gasteiger charge is 2.39. The molecule has 0 saturated carbocycles. The lowest BCUT2D eigenvalue weighted by Crippen LogP contribution is -2.58. The largest absolute Gasteiger partial charge is 0.378 e. The number of anilines is 2. The first-order valence-electron chi connectivity index (χ1n) is 9.55. The minimum atomic E-state index is -1.23. The van der Waals surface area contributed by atoms with E-state index in [-0.39, 0.29) is 10.8 Å². The Bertz CT molecular complexity index is 1070. The van der Waals surface area contributed by atoms with E-state index in [1.807, 2.05) is 12.1 Å². The van der Waals surface area contributed by atoms with Crippen LogP contribution in [0.5, 0.6) is 0 Å². The van der Waals surface area contributed by atoms with Crippen molar-refractivity contribution in [2.45, 2.75) is 0 Å². The van der Waals surface area contributed by atoms with Crippen LogP contribution in [-0.4, -0.2) is 49.4 Å². The normalized spacial score (nSPS) is 19.8. The minimum absolute atomic E-state index is 0.0199. The van der Waals surface area contributed by atoms with Gasteiger partial charge in [-0.15, -0.1) is 0 Å². The topological polar surface area (TPSA) is 74.2 Å². The maximum atomic E-state index is 14.2. The van der Waals surface area contributed by atoms with Crippen LogP contribution >= 0.6 is 28.1 Å². The van der Waals surface area contributed by atoms with Crippen LogP contribution in [0.1, 0.15) is 0 Å². The standard InChI is InChI=1S/C21H18BrFN4O3S/c22-15-11-13(5-6-17(15)26-7-9-30-10-8-26)24-12-14-19(28)25-21(31)27(20(14)29)18-4-2-1-3-16(18)23/h1-6,11-12,14H,7-10H2,(H,25,28,31). The van der Waals surface area contributed by atoms with Crippen molar-refractivity contribution in [2.24, 2.45) is 10.9 Å². The van der Waals surface area contributed by atoms with Gasteiger partial charge < -0.3 is 15.0 Å². The molecule has 2 amide bonds. The lowest BCUT2D eigenvalue weighted by atomic mass is 10.1. The quantitative estimate of drug-likeness (QED) is 0.393. The van der Waals surface area contributed by atoms with Gasteiger partial charge >= 0.3 is 0 Å². The van der Waals surface area contributed by atoms with Crippen LogP contribution in [0.25, 0.3) is 0 Å². The fourth-order valence-electron chi connectivity index (χ4n) is 3.38. The Kier molecular flexibility index (Phi) is 6.40. The second-order valence-corrected chi connectivity index (χ2v) is 8.15. The summed E-state index contributed by atoms with van der Waals surface area (Å²) in [5, 5.41) is 2.28. The summed E-state index contributed by atoms with van der Waals surface area (Å²) in [4.78, 5) is 32.8. The highest BCUT2D eigenvalue weighted by molar-refractivity contribution is 9.10. The maximum absolute atomic E-state index is 14.2. The smallest absolute Gasteiger partial charge is 0.251 e. The molecule has 0 bridgehead atoms. The molecule has 0 spiro atoms. The number of aliphatic imine (C=N–C) groups is 1. The third-order valence-corrected chi connectivity index (χ3v) is 5.87. The molecule has 1 N–H and O–H groups in total. The fraction of sp³-hybridized carbons (Fsp3) is 0.238. The molecule has 2 aliphatic heterocycles. The number of carbonyl (C=O) groups is 2. The summed E-state index contributed by atoms with van der Waals surface area (Å²) < 4.78 is 20.4. The number of thiocarbonyl (C=S) groups is 1. The van der Waals surface area contributed by atoms with Crippen LogP contribution in [0.15, 0.2) is 51.9 Å². The predicted octanol–water partition coefficient (Wildman–Crippen LogP) is 3.19. The molecule has 2 heterocycles. The average molecular weight is 505 g/mol. The molecule has 1 unspecified atom stereocenters. The molecule has 2 aromatic rings. The molecular formula is C21H18BrFN4O3S. The van der Waals surface area contributed by atoms with Gasteiger partial charge in [0.1, 0.15) is 5.82 Å². The minimum Gasteiger partial charge on any atom is -0.378 e. The van der Waals surface area contributed by atoms with Crippen LogP contribution in [0.4, 0.5) is 21.5 Å². The number of hydrogen-bond acceptors (Lipinski definition) is 6. The van der Waals surface area contributed by atoms with Crippen LogP contribution in [0.2, 0.25) is 0 Å². The van der Waals surface area contributed by atoms with E-state index in [9.17, 15) is 14.0 Å². The van der Waals surface area contributed by atoms with Crippen molar-refractivity contribution in [3.63, 3.8) is 0 Å². The number of amides is 2. The summed E-state index contributed by atoms with van der Waals surface area (Å²) >= 11 is 8.65. The second kappa shape index (κ2) is 9.21. The molecule has 0 aromatic heterocycles. The number of halogens is 2. The molecule has 4 rings (SSSR count). The molecule has 2 aromatic carbocycles. The molecule has 7 nitrogen and oxygen atoms in total. The van der Waals surface area contributed by atoms with E-state index in [0.29, 0.717) is 18.9 Å². The lowest BCUT2D eigenvalue weighted by molar-refractivity contribution is -0.130. The molecule has 31 heavy (non-hydrogen) atoms. The van der Waals surface area contributed by atoms with Gasteiger partial charge in [-0.3, -0.25) is 19.5 Å². The van der Waals surface area contributed by atoms with E-state index < -0.39 is 23.5 Å². The summed E-state index contributed by atoms with van der Waals surface area (Å²) in [6, 6.07) is 11.3. The summed E-state index contributed by atoms with van der Waals surface area (Å²) in [5.74, 6) is -3.11. The van der Waals surface area contributed by atoms with Crippen molar-refractivity contribution in [2.75, 3.05) is 36.1 Å². The number of nitrogens with zero attached hydrogens (tertiary/aromatic N) is 3. The van der Waals surface area contributed by atoms with Gasteiger partial charge in [-0.2, -0.15) is 0 Å². The molecule has 1 atom stereocenters. The van der Waals surface area contributed by atoms with Gasteiger partial charge in [-0.05, 0) is 58.5 Å². The van der Waals surface area contributed by atoms with Gasteiger partial charge in [0, 0.05) is 23.8 Å². The number of hydrogen-bond donors (Lipinski definition) is 1. The summed E-state index contributed by atoms with van der Waals surface area (Å²) in [6.45, 7) is 2.94. The zero-order valence-electron chi connectivity index (χ0n) is 16.3. The van der Waals surface area contributed by atoms with E-state index in [1.165, 1.54) is 24.4 Å². The third kappa shape index (κ3) is 4.51. The molecule has 0 radical (unpaired) electrons. The summed E-state index contributed by atoms with van der Waals surface area (Å²) in [5.41, 5.74) is 1.56. The number of nitrogens with one attached hydrogen (secondary N) is 1. The SMILES string of the molecule is O=C1NC(=S)N(c2ccccc2F)C(=O)C1C=Nc1ccc(N2CCOCC2)c(Br)c1. The van der Waals surface area contributed by atoms with Crippen LogP contribution in [0.3, 0.4) is 0 Å². The lowest BCUT2D eigenvalue weighted by Gasteiger charge is -2.31. The van der Waals surface area contributed by atoms with Crippen molar-refractivity contribution in [1.29, 1.82) is 0 Å². The monoisotopic (exact) mass is 504 g/mol. The number of rotatable bonds is 4. The summed E-state index contributed by atoms with van der Waals surface area (Å²) in [7, 11) is 0. The van der Waals surface area contributed by atoms with Crippen molar-refractivity contribution >= 4 is 68.4 Å². The molecular weight excluding hydrogens is 487 g/mol. The fourth-order valence-corrected chi connectivity index (χ4v) is 4.29. The zero-order valence-corrected chi connectivity index (χ0v) is 18.7. The van der Waals surface area contributed by atoms with Crippen LogP contribution < -0.4 is 15.1 Å². The Morgan fingerprint density at radius 1 is 1.16 bits per heavy atom. The van der Waals surface area contributed by atoms with E-state index in [1.54, 1.807) is 12.1 Å². The Labute approximate surface area is 192 Å². The number of carbonyl (C=O) groups excluding carboxylic acids is 2. The molecule has 2 saturated heterocycles. The Morgan fingerprint density at radius 2 is 1.90 bits per heavy atom. The molecule has 0 aliphatic carbocycles. The van der Waals surface area contributed by atoms with Gasteiger partial charge in [-0.1, -0.05) is 12.1 Å². The zero-order chi connectivity index (χ0) is 22.0. The molecule has 2 aliphatic rings. The average Bonchev–Trinajstić information content (AvgIpc) is 2.75. The van der Waals surface area contributed by atoms with Crippen LogP contribution in [-0.2, 0) is 14.3 Å². The van der Waals surface area contributed by atoms with Gasteiger partial charge in [-0.25, -0.2) is 4.39 Å². The first-order chi connectivity index (χ1) is 15.0. The third-order valence-electron chi connectivity index (χ3n) is 4.95. The van der Waals surface area contributed by atoms with Crippen molar-refractivity contribution in [3.05, 3.63) is 52.8 Å². The highest BCUT2D eigenvalue weighted by Crippen LogP contribution is 2.31. The first-order valence-corrected chi connectivity index (χ1v) is 10.8. The van der Waals surface area contributed by atoms with Gasteiger partial charge in [0.25, 0.3) is 5.91 Å². The number of para-hydroxylation sites is 1. The molecule has 160 valence electrons. The Hall–Kier alpha value is -2.69. The van der Waals surface area contributed by atoms with Gasteiger partial charge in [0.15, 0.2) is 11.0 Å². The molecule has 10 heteroatoms. The summed E-state index contributed by atoms with van der Waals surface area (Å²) in [6.07, 6.45) is 1.25. The van der Waals surface area contributed by atoms with Crippen molar-refractivity contribution in [3.8, 4) is 0 Å². The Balaban J connectivity index is 1.55. The Morgan fingerprint density at radius 3 is 2.61 bits per heavy atom. The number of ether oxygens (including phenoxy) is 1. The van der Waals surface area contributed by atoms with Crippen molar-refractivity contribution in [1.82, 2.24) is 5.32 Å². The van der Waals surface area contributed by atoms with E-state index in [2.05, 4.69) is 31.1 Å².